The number of fused-ring (bicyclic) bond motifs is 1. The van der Waals surface area contributed by atoms with Crippen LogP contribution in [0.4, 0.5) is 0 Å². The van der Waals surface area contributed by atoms with E-state index in [9.17, 15) is 0 Å². The molecule has 3 nitrogen and oxygen atoms in total. The van der Waals surface area contributed by atoms with Gasteiger partial charge in [0.15, 0.2) is 0 Å². The highest BCUT2D eigenvalue weighted by Gasteiger charge is 2.24. The average molecular weight is 287 g/mol. The molecular formula is C16H21N3S. The molecule has 0 aromatic carbocycles. The summed E-state index contributed by atoms with van der Waals surface area (Å²) in [5.74, 6) is 0. The Morgan fingerprint density at radius 2 is 2.35 bits per heavy atom. The second kappa shape index (κ2) is 6.02. The number of nitrogens with one attached hydrogen (secondary N) is 1. The molecule has 1 atom stereocenters. The molecule has 106 valence electrons. The lowest BCUT2D eigenvalue weighted by Crippen LogP contribution is -2.25. The number of nitrogens with zero attached hydrogens (tertiary/aromatic N) is 2. The van der Waals surface area contributed by atoms with Crippen LogP contribution in [0.25, 0.3) is 10.6 Å². The van der Waals surface area contributed by atoms with Crippen LogP contribution in [0.5, 0.6) is 0 Å². The summed E-state index contributed by atoms with van der Waals surface area (Å²) in [5.41, 5.74) is 3.73. The van der Waals surface area contributed by atoms with Gasteiger partial charge in [-0.25, -0.2) is 4.98 Å². The molecule has 20 heavy (non-hydrogen) atoms. The Morgan fingerprint density at radius 1 is 1.45 bits per heavy atom. The number of pyridine rings is 1. The van der Waals surface area contributed by atoms with Crippen molar-refractivity contribution in [3.63, 3.8) is 0 Å². The van der Waals surface area contributed by atoms with E-state index >= 15 is 0 Å². The van der Waals surface area contributed by atoms with Crippen molar-refractivity contribution in [3.8, 4) is 10.6 Å². The van der Waals surface area contributed by atoms with Gasteiger partial charge in [0, 0.05) is 22.8 Å². The predicted octanol–water partition coefficient (Wildman–Crippen LogP) is 3.89. The quantitative estimate of drug-likeness (QED) is 0.927. The number of aryl methyl sites for hydroxylation is 2. The molecule has 2 aromatic rings. The summed E-state index contributed by atoms with van der Waals surface area (Å²) in [6.07, 6.45) is 8.61. The zero-order valence-electron chi connectivity index (χ0n) is 12.1. The number of thiazole rings is 1. The zero-order valence-corrected chi connectivity index (χ0v) is 13.0. The van der Waals surface area contributed by atoms with E-state index in [1.807, 2.05) is 23.7 Å². The van der Waals surface area contributed by atoms with Crippen LogP contribution >= 0.6 is 11.3 Å². The van der Waals surface area contributed by atoms with Crippen LogP contribution < -0.4 is 5.32 Å². The van der Waals surface area contributed by atoms with Crippen molar-refractivity contribution in [1.82, 2.24) is 15.3 Å². The lowest BCUT2D eigenvalue weighted by molar-refractivity contribution is 0.454. The summed E-state index contributed by atoms with van der Waals surface area (Å²) < 4.78 is 0. The van der Waals surface area contributed by atoms with E-state index in [0.717, 1.165) is 11.6 Å². The van der Waals surface area contributed by atoms with E-state index in [-0.39, 0.29) is 0 Å². The van der Waals surface area contributed by atoms with Gasteiger partial charge in [0.25, 0.3) is 0 Å². The van der Waals surface area contributed by atoms with Crippen LogP contribution in [0.15, 0.2) is 18.5 Å². The second-order valence-electron chi connectivity index (χ2n) is 5.42. The first-order valence-electron chi connectivity index (χ1n) is 7.43. The van der Waals surface area contributed by atoms with Crippen molar-refractivity contribution in [1.29, 1.82) is 0 Å². The van der Waals surface area contributed by atoms with Gasteiger partial charge >= 0.3 is 0 Å². The van der Waals surface area contributed by atoms with Crippen LogP contribution in [-0.2, 0) is 6.42 Å². The lowest BCUT2D eigenvalue weighted by Gasteiger charge is -2.22. The van der Waals surface area contributed by atoms with Crippen molar-refractivity contribution < 1.29 is 0 Å². The molecule has 1 aliphatic carbocycles. The van der Waals surface area contributed by atoms with Crippen LogP contribution in [0.2, 0.25) is 0 Å². The van der Waals surface area contributed by atoms with Gasteiger partial charge in [0.2, 0.25) is 0 Å². The molecule has 0 bridgehead atoms. The third-order valence-electron chi connectivity index (χ3n) is 3.85. The van der Waals surface area contributed by atoms with Crippen molar-refractivity contribution in [2.24, 2.45) is 0 Å². The topological polar surface area (TPSA) is 37.8 Å². The van der Waals surface area contributed by atoms with E-state index in [2.05, 4.69) is 30.2 Å². The van der Waals surface area contributed by atoms with E-state index in [4.69, 9.17) is 4.98 Å². The fourth-order valence-electron chi connectivity index (χ4n) is 2.76. The third-order valence-corrected chi connectivity index (χ3v) is 5.01. The normalized spacial score (nSPS) is 18.0. The van der Waals surface area contributed by atoms with E-state index in [1.165, 1.54) is 47.4 Å². The Labute approximate surface area is 124 Å². The maximum absolute atomic E-state index is 4.94. The minimum atomic E-state index is 0.450. The van der Waals surface area contributed by atoms with Crippen LogP contribution in [0, 0.1) is 6.92 Å². The summed E-state index contributed by atoms with van der Waals surface area (Å²) >= 11 is 1.86. The van der Waals surface area contributed by atoms with Crippen LogP contribution in [0.1, 0.15) is 48.4 Å². The Hall–Kier alpha value is -1.26. The maximum atomic E-state index is 4.94. The second-order valence-corrected chi connectivity index (χ2v) is 6.50. The molecular weight excluding hydrogens is 266 g/mol. The Morgan fingerprint density at radius 3 is 3.15 bits per heavy atom. The lowest BCUT2D eigenvalue weighted by atomic mass is 9.97. The largest absolute Gasteiger partial charge is 0.309 e. The van der Waals surface area contributed by atoms with Crippen molar-refractivity contribution >= 4 is 11.3 Å². The molecule has 0 saturated carbocycles. The number of rotatable bonds is 4. The highest BCUT2D eigenvalue weighted by molar-refractivity contribution is 7.15. The number of hydrogen-bond donors (Lipinski definition) is 1. The average Bonchev–Trinajstić information content (AvgIpc) is 2.89. The Kier molecular flexibility index (Phi) is 4.13. The molecule has 1 N–H and O–H groups in total. The highest BCUT2D eigenvalue weighted by Crippen LogP contribution is 2.37. The van der Waals surface area contributed by atoms with Gasteiger partial charge in [-0.2, -0.15) is 0 Å². The van der Waals surface area contributed by atoms with Crippen molar-refractivity contribution in [3.05, 3.63) is 34.6 Å². The first-order valence-corrected chi connectivity index (χ1v) is 8.25. The van der Waals surface area contributed by atoms with Crippen LogP contribution in [0.3, 0.4) is 0 Å². The van der Waals surface area contributed by atoms with Gasteiger partial charge in [-0.15, -0.1) is 11.3 Å². The molecule has 2 aromatic heterocycles. The summed E-state index contributed by atoms with van der Waals surface area (Å²) in [6, 6.07) is 2.53. The Balaban J connectivity index is 1.93. The van der Waals surface area contributed by atoms with Crippen LogP contribution in [-0.4, -0.2) is 16.5 Å². The van der Waals surface area contributed by atoms with E-state index in [0.29, 0.717) is 6.04 Å². The SMILES string of the molecule is CCCNC1CCCc2sc(-c3ccncc3C)nc21. The van der Waals surface area contributed by atoms with Gasteiger partial charge in [0.05, 0.1) is 11.7 Å². The summed E-state index contributed by atoms with van der Waals surface area (Å²) in [4.78, 5) is 10.6. The minimum absolute atomic E-state index is 0.450. The first-order chi connectivity index (χ1) is 9.79. The molecule has 0 saturated heterocycles. The van der Waals surface area contributed by atoms with Gasteiger partial charge in [-0.1, -0.05) is 6.92 Å². The molecule has 1 unspecified atom stereocenters. The van der Waals surface area contributed by atoms with Gasteiger partial charge in [-0.05, 0) is 50.8 Å². The smallest absolute Gasteiger partial charge is 0.124 e. The minimum Gasteiger partial charge on any atom is -0.309 e. The highest BCUT2D eigenvalue weighted by atomic mass is 32.1. The summed E-state index contributed by atoms with van der Waals surface area (Å²) in [6.45, 7) is 5.39. The summed E-state index contributed by atoms with van der Waals surface area (Å²) in [7, 11) is 0. The fourth-order valence-corrected chi connectivity index (χ4v) is 4.02. The first kappa shape index (κ1) is 13.7. The number of aromatic nitrogens is 2. The van der Waals surface area contributed by atoms with E-state index in [1.54, 1.807) is 0 Å². The molecule has 4 heteroatoms. The molecule has 0 radical (unpaired) electrons. The van der Waals surface area contributed by atoms with Crippen molar-refractivity contribution in [2.45, 2.75) is 45.6 Å². The molecule has 0 aliphatic heterocycles. The van der Waals surface area contributed by atoms with Crippen molar-refractivity contribution in [2.75, 3.05) is 6.54 Å². The number of hydrogen-bond acceptors (Lipinski definition) is 4. The Bertz CT molecular complexity index is 591. The van der Waals surface area contributed by atoms with Gasteiger partial charge in [0.1, 0.15) is 5.01 Å². The fraction of sp³-hybridized carbons (Fsp3) is 0.500. The molecule has 0 amide bonds. The standard InChI is InChI=1S/C16H21N3S/c1-3-8-18-13-5-4-6-14-15(13)19-16(20-14)12-7-9-17-10-11(12)2/h7,9-10,13,18H,3-6,8H2,1-2H3. The maximum Gasteiger partial charge on any atom is 0.124 e. The molecule has 1 aliphatic rings. The molecule has 0 fully saturated rings. The molecule has 2 heterocycles. The molecule has 0 spiro atoms. The third kappa shape index (κ3) is 2.63. The van der Waals surface area contributed by atoms with E-state index < -0.39 is 0 Å². The zero-order chi connectivity index (χ0) is 13.9. The van der Waals surface area contributed by atoms with Gasteiger partial charge < -0.3 is 5.32 Å². The monoisotopic (exact) mass is 287 g/mol. The molecule has 3 rings (SSSR count). The van der Waals surface area contributed by atoms with Gasteiger partial charge in [-0.3, -0.25) is 4.98 Å². The summed E-state index contributed by atoms with van der Waals surface area (Å²) in [5, 5.41) is 4.79. The predicted molar refractivity (Wildman–Crippen MR) is 84.1 cm³/mol.